The van der Waals surface area contributed by atoms with E-state index >= 15 is 0 Å². The summed E-state index contributed by atoms with van der Waals surface area (Å²) < 4.78 is 12.4. The highest BCUT2D eigenvalue weighted by Crippen LogP contribution is 2.34. The number of para-hydroxylation sites is 2. The molecule has 1 aliphatic rings. The van der Waals surface area contributed by atoms with E-state index < -0.39 is 6.10 Å². The summed E-state index contributed by atoms with van der Waals surface area (Å²) in [6, 6.07) is 12.8. The van der Waals surface area contributed by atoms with E-state index in [0.29, 0.717) is 29.7 Å². The Morgan fingerprint density at radius 1 is 1.26 bits per heavy atom. The van der Waals surface area contributed by atoms with Gasteiger partial charge in [0.05, 0.1) is 17.1 Å². The lowest BCUT2D eigenvalue weighted by atomic mass is 10.2. The summed E-state index contributed by atoms with van der Waals surface area (Å²) in [5.74, 6) is 1.62. The molecule has 0 radical (unpaired) electrons. The average molecular weight is 368 g/mol. The molecule has 1 aliphatic heterocycles. The number of benzene rings is 2. The van der Waals surface area contributed by atoms with Crippen molar-refractivity contribution in [2.24, 2.45) is 0 Å². The van der Waals surface area contributed by atoms with Gasteiger partial charge in [0.1, 0.15) is 6.54 Å². The maximum Gasteiger partial charge on any atom is 0.244 e. The first-order valence-electron chi connectivity index (χ1n) is 8.67. The number of aromatic nitrogens is 2. The monoisotopic (exact) mass is 368 g/mol. The van der Waals surface area contributed by atoms with Crippen LogP contribution in [0.5, 0.6) is 11.5 Å². The van der Waals surface area contributed by atoms with Gasteiger partial charge in [0.25, 0.3) is 0 Å². The van der Waals surface area contributed by atoms with Gasteiger partial charge in [-0.05, 0) is 31.2 Å². The lowest BCUT2D eigenvalue weighted by molar-refractivity contribution is -0.116. The topological polar surface area (TPSA) is 97.6 Å². The Morgan fingerprint density at radius 3 is 2.93 bits per heavy atom. The number of ether oxygens (including phenoxy) is 2. The molecular formula is C19H20N4O4. The van der Waals surface area contributed by atoms with E-state index in [1.807, 2.05) is 24.3 Å². The number of carbonyl (C=O) groups excluding carboxylic acids is 1. The molecule has 0 aliphatic carbocycles. The van der Waals surface area contributed by atoms with Crippen LogP contribution in [0.4, 0.5) is 11.6 Å². The molecule has 8 nitrogen and oxygen atoms in total. The van der Waals surface area contributed by atoms with E-state index in [4.69, 9.17) is 9.47 Å². The number of carbonyl (C=O) groups is 1. The highest BCUT2D eigenvalue weighted by Gasteiger charge is 2.16. The van der Waals surface area contributed by atoms with Crippen molar-refractivity contribution in [2.75, 3.05) is 24.0 Å². The molecule has 2 aromatic carbocycles. The van der Waals surface area contributed by atoms with Crippen molar-refractivity contribution in [3.63, 3.8) is 0 Å². The average Bonchev–Trinajstić information content (AvgIpc) is 3.24. The molecule has 0 fully saturated rings. The number of aliphatic hydroxyl groups is 1. The normalized spacial score (nSPS) is 13.6. The quantitative estimate of drug-likeness (QED) is 0.617. The maximum atomic E-state index is 12.6. The van der Waals surface area contributed by atoms with Gasteiger partial charge in [0.15, 0.2) is 11.5 Å². The fourth-order valence-electron chi connectivity index (χ4n) is 2.93. The minimum Gasteiger partial charge on any atom is -0.454 e. The van der Waals surface area contributed by atoms with Crippen molar-refractivity contribution in [3.8, 4) is 11.5 Å². The molecular weight excluding hydrogens is 348 g/mol. The van der Waals surface area contributed by atoms with Crippen LogP contribution in [0.2, 0.25) is 0 Å². The Kier molecular flexibility index (Phi) is 4.55. The molecule has 4 rings (SSSR count). The number of hydrogen-bond acceptors (Lipinski definition) is 6. The molecule has 0 saturated heterocycles. The summed E-state index contributed by atoms with van der Waals surface area (Å²) >= 11 is 0. The number of amides is 1. The molecule has 3 N–H and O–H groups in total. The second-order valence-electron chi connectivity index (χ2n) is 6.36. The second-order valence-corrected chi connectivity index (χ2v) is 6.36. The van der Waals surface area contributed by atoms with Crippen molar-refractivity contribution < 1.29 is 19.4 Å². The van der Waals surface area contributed by atoms with E-state index in [1.54, 1.807) is 29.7 Å². The Morgan fingerprint density at radius 2 is 2.07 bits per heavy atom. The molecule has 2 heterocycles. The molecule has 140 valence electrons. The molecule has 0 spiro atoms. The van der Waals surface area contributed by atoms with Crippen LogP contribution < -0.4 is 20.1 Å². The van der Waals surface area contributed by atoms with E-state index in [0.717, 1.165) is 11.0 Å². The Labute approximate surface area is 155 Å². The standard InChI is InChI=1S/C19H20N4O4/c1-12(24)9-20-19-22-14-4-2-3-5-15(14)23(19)10-18(25)21-13-6-7-16-17(8-13)27-11-26-16/h2-8,12,24H,9-11H2,1H3,(H,20,22)(H,21,25)/t12-/m1/s1. The van der Waals surface area contributed by atoms with Crippen molar-refractivity contribution in [2.45, 2.75) is 19.6 Å². The van der Waals surface area contributed by atoms with Gasteiger partial charge in [0.2, 0.25) is 18.6 Å². The van der Waals surface area contributed by atoms with Crippen molar-refractivity contribution in [1.29, 1.82) is 0 Å². The fourth-order valence-corrected chi connectivity index (χ4v) is 2.93. The van der Waals surface area contributed by atoms with Crippen LogP contribution in [-0.2, 0) is 11.3 Å². The van der Waals surface area contributed by atoms with Crippen LogP contribution in [0, 0.1) is 0 Å². The molecule has 0 bridgehead atoms. The van der Waals surface area contributed by atoms with Crippen molar-refractivity contribution in [3.05, 3.63) is 42.5 Å². The summed E-state index contributed by atoms with van der Waals surface area (Å²) in [4.78, 5) is 17.1. The first kappa shape index (κ1) is 17.2. The largest absolute Gasteiger partial charge is 0.454 e. The molecule has 3 aromatic rings. The maximum absolute atomic E-state index is 12.6. The lowest BCUT2D eigenvalue weighted by Crippen LogP contribution is -2.22. The number of anilines is 2. The Balaban J connectivity index is 1.54. The third-order valence-electron chi connectivity index (χ3n) is 4.17. The smallest absolute Gasteiger partial charge is 0.244 e. The van der Waals surface area contributed by atoms with Crippen LogP contribution in [0.1, 0.15) is 6.92 Å². The fraction of sp³-hybridized carbons (Fsp3) is 0.263. The number of nitrogens with zero attached hydrogens (tertiary/aromatic N) is 2. The van der Waals surface area contributed by atoms with Gasteiger partial charge in [-0.15, -0.1) is 0 Å². The Hall–Kier alpha value is -3.26. The van der Waals surface area contributed by atoms with Gasteiger partial charge in [0, 0.05) is 18.3 Å². The van der Waals surface area contributed by atoms with E-state index in [9.17, 15) is 9.90 Å². The number of fused-ring (bicyclic) bond motifs is 2. The highest BCUT2D eigenvalue weighted by molar-refractivity contribution is 5.92. The highest BCUT2D eigenvalue weighted by atomic mass is 16.7. The number of rotatable bonds is 6. The summed E-state index contributed by atoms with van der Waals surface area (Å²) in [7, 11) is 0. The van der Waals surface area contributed by atoms with Gasteiger partial charge < -0.3 is 29.8 Å². The van der Waals surface area contributed by atoms with Crippen LogP contribution >= 0.6 is 0 Å². The first-order valence-corrected chi connectivity index (χ1v) is 8.67. The minimum atomic E-state index is -0.527. The van der Waals surface area contributed by atoms with E-state index in [2.05, 4.69) is 15.6 Å². The molecule has 1 atom stereocenters. The zero-order chi connectivity index (χ0) is 18.8. The molecule has 0 unspecified atom stereocenters. The van der Waals surface area contributed by atoms with Crippen LogP contribution in [0.25, 0.3) is 11.0 Å². The van der Waals surface area contributed by atoms with Crippen molar-refractivity contribution in [1.82, 2.24) is 9.55 Å². The van der Waals surface area contributed by atoms with Crippen molar-refractivity contribution >= 4 is 28.6 Å². The van der Waals surface area contributed by atoms with Crippen LogP contribution in [-0.4, -0.2) is 40.0 Å². The first-order chi connectivity index (χ1) is 13.1. The van der Waals surface area contributed by atoms with Gasteiger partial charge in [-0.2, -0.15) is 0 Å². The predicted octanol–water partition coefficient (Wildman–Crippen LogP) is 2.20. The van der Waals surface area contributed by atoms with Gasteiger partial charge >= 0.3 is 0 Å². The van der Waals surface area contributed by atoms with Gasteiger partial charge in [-0.25, -0.2) is 4.98 Å². The zero-order valence-electron chi connectivity index (χ0n) is 14.8. The molecule has 0 saturated carbocycles. The molecule has 1 aromatic heterocycles. The van der Waals surface area contributed by atoms with Crippen LogP contribution in [0.15, 0.2) is 42.5 Å². The number of imidazole rings is 1. The molecule has 8 heteroatoms. The van der Waals surface area contributed by atoms with Gasteiger partial charge in [-0.1, -0.05) is 12.1 Å². The van der Waals surface area contributed by atoms with Gasteiger partial charge in [-0.3, -0.25) is 4.79 Å². The molecule has 1 amide bonds. The summed E-state index contributed by atoms with van der Waals surface area (Å²) in [6.45, 7) is 2.29. The molecule has 27 heavy (non-hydrogen) atoms. The van der Waals surface area contributed by atoms with E-state index in [-0.39, 0.29) is 19.2 Å². The summed E-state index contributed by atoms with van der Waals surface area (Å²) in [5.41, 5.74) is 2.25. The Bertz CT molecular complexity index is 983. The number of aliphatic hydroxyl groups excluding tert-OH is 1. The summed E-state index contributed by atoms with van der Waals surface area (Å²) in [6.07, 6.45) is -0.527. The third-order valence-corrected chi connectivity index (χ3v) is 4.17. The van der Waals surface area contributed by atoms with Crippen LogP contribution in [0.3, 0.4) is 0 Å². The predicted molar refractivity (Wildman–Crippen MR) is 101 cm³/mol. The lowest BCUT2D eigenvalue weighted by Gasteiger charge is -2.12. The minimum absolute atomic E-state index is 0.0805. The summed E-state index contributed by atoms with van der Waals surface area (Å²) in [5, 5.41) is 15.5. The zero-order valence-corrected chi connectivity index (χ0v) is 14.8. The number of hydrogen-bond donors (Lipinski definition) is 3. The second kappa shape index (κ2) is 7.16. The van der Waals surface area contributed by atoms with E-state index in [1.165, 1.54) is 0 Å². The number of nitrogens with one attached hydrogen (secondary N) is 2. The SMILES string of the molecule is C[C@@H](O)CNc1nc2ccccc2n1CC(=O)Nc1ccc2c(c1)OCO2. The third kappa shape index (κ3) is 3.65.